The van der Waals surface area contributed by atoms with E-state index in [0.29, 0.717) is 28.8 Å². The van der Waals surface area contributed by atoms with Crippen LogP contribution in [0.3, 0.4) is 0 Å². The molecule has 0 atom stereocenters. The van der Waals surface area contributed by atoms with Gasteiger partial charge in [0.2, 0.25) is 0 Å². The van der Waals surface area contributed by atoms with Crippen LogP contribution in [0.5, 0.6) is 0 Å². The van der Waals surface area contributed by atoms with Crippen LogP contribution >= 0.6 is 0 Å². The molecule has 1 aliphatic rings. The molecule has 0 saturated heterocycles. The first-order valence-electron chi connectivity index (χ1n) is 11.0. The third-order valence-corrected chi connectivity index (χ3v) is 7.90. The zero-order valence-corrected chi connectivity index (χ0v) is 20.3. The van der Waals surface area contributed by atoms with Gasteiger partial charge in [0.05, 0.1) is 28.5 Å². The zero-order valence-electron chi connectivity index (χ0n) is 19.5. The van der Waals surface area contributed by atoms with E-state index in [0.717, 1.165) is 24.3 Å². The zero-order chi connectivity index (χ0) is 26.5. The summed E-state index contributed by atoms with van der Waals surface area (Å²) in [6.07, 6.45) is -3.91. The molecule has 0 aliphatic carbocycles. The van der Waals surface area contributed by atoms with Crippen molar-refractivity contribution in [2.45, 2.75) is 31.3 Å². The molecule has 0 aromatic heterocycles. The molecular formula is C26H24F4N2O3S. The minimum Gasteiger partial charge on any atom is -0.390 e. The highest BCUT2D eigenvalue weighted by Gasteiger charge is 2.37. The molecule has 10 heteroatoms. The normalized spacial score (nSPS) is 15.5. The van der Waals surface area contributed by atoms with Gasteiger partial charge in [-0.3, -0.25) is 4.31 Å². The van der Waals surface area contributed by atoms with Crippen molar-refractivity contribution in [1.29, 1.82) is 5.41 Å². The Hall–Kier alpha value is -3.24. The molecule has 3 aromatic carbocycles. The maximum absolute atomic E-state index is 14.6. The summed E-state index contributed by atoms with van der Waals surface area (Å²) in [6, 6.07) is 13.0. The standard InChI is InChI=1S/C26H24F4N2O3S/c1-25(2)13-18-11-17(16-3-6-19(7-4-16)26(28,29)30)5-10-24(18)32(15-25)36(34,35)20-8-9-21(22(27)12-20)23(31)14-33/h3-12,31,33H,13-15H2,1-2H3. The van der Waals surface area contributed by atoms with E-state index in [1.54, 1.807) is 18.2 Å². The lowest BCUT2D eigenvalue weighted by Gasteiger charge is -2.40. The van der Waals surface area contributed by atoms with Crippen LogP contribution < -0.4 is 4.31 Å². The van der Waals surface area contributed by atoms with E-state index < -0.39 is 39.6 Å². The maximum atomic E-state index is 14.6. The van der Waals surface area contributed by atoms with Crippen molar-refractivity contribution in [2.75, 3.05) is 17.5 Å². The first-order chi connectivity index (χ1) is 16.7. The molecule has 3 aromatic rings. The Morgan fingerprint density at radius 2 is 1.67 bits per heavy atom. The molecule has 0 radical (unpaired) electrons. The van der Waals surface area contributed by atoms with Gasteiger partial charge in [0.25, 0.3) is 10.0 Å². The van der Waals surface area contributed by atoms with E-state index in [2.05, 4.69) is 0 Å². The molecule has 4 rings (SSSR count). The largest absolute Gasteiger partial charge is 0.416 e. The Bertz CT molecular complexity index is 1430. The Labute approximate surface area is 206 Å². The average Bonchev–Trinajstić information content (AvgIpc) is 2.81. The number of alkyl halides is 3. The highest BCUT2D eigenvalue weighted by Crippen LogP contribution is 2.41. The summed E-state index contributed by atoms with van der Waals surface area (Å²) in [6.45, 7) is 3.25. The van der Waals surface area contributed by atoms with Crippen molar-refractivity contribution in [3.63, 3.8) is 0 Å². The van der Waals surface area contributed by atoms with Crippen molar-refractivity contribution in [3.8, 4) is 11.1 Å². The number of hydrogen-bond acceptors (Lipinski definition) is 4. The fraction of sp³-hybridized carbons (Fsp3) is 0.269. The van der Waals surface area contributed by atoms with Crippen molar-refractivity contribution in [3.05, 3.63) is 83.2 Å². The third kappa shape index (κ3) is 4.87. The second-order valence-electron chi connectivity index (χ2n) is 9.55. The lowest BCUT2D eigenvalue weighted by Crippen LogP contribution is -2.44. The number of hydrogen-bond donors (Lipinski definition) is 2. The van der Waals surface area contributed by atoms with E-state index in [1.165, 1.54) is 22.5 Å². The van der Waals surface area contributed by atoms with Crippen LogP contribution in [-0.2, 0) is 22.6 Å². The Balaban J connectivity index is 1.75. The molecule has 0 spiro atoms. The topological polar surface area (TPSA) is 81.5 Å². The first kappa shape index (κ1) is 25.8. The molecule has 0 bridgehead atoms. The summed E-state index contributed by atoms with van der Waals surface area (Å²) in [4.78, 5) is -0.287. The van der Waals surface area contributed by atoms with Gasteiger partial charge in [-0.1, -0.05) is 32.0 Å². The number of fused-ring (bicyclic) bond motifs is 1. The van der Waals surface area contributed by atoms with Gasteiger partial charge < -0.3 is 10.5 Å². The third-order valence-electron chi connectivity index (χ3n) is 6.15. The van der Waals surface area contributed by atoms with E-state index in [-0.39, 0.29) is 22.7 Å². The lowest BCUT2D eigenvalue weighted by atomic mass is 9.81. The van der Waals surface area contributed by atoms with Crippen LogP contribution in [0.2, 0.25) is 0 Å². The van der Waals surface area contributed by atoms with Crippen LogP contribution in [0.4, 0.5) is 23.2 Å². The predicted octanol–water partition coefficient (Wildman–Crippen LogP) is 5.65. The lowest BCUT2D eigenvalue weighted by molar-refractivity contribution is -0.137. The summed E-state index contributed by atoms with van der Waals surface area (Å²) in [5.41, 5.74) is 0.548. The number of anilines is 1. The average molecular weight is 521 g/mol. The van der Waals surface area contributed by atoms with Crippen LogP contribution in [0, 0.1) is 16.6 Å². The molecule has 5 nitrogen and oxygen atoms in total. The molecule has 0 fully saturated rings. The Morgan fingerprint density at radius 3 is 2.25 bits per heavy atom. The minimum atomic E-state index is -4.44. The molecule has 190 valence electrons. The van der Waals surface area contributed by atoms with Gasteiger partial charge in [-0.25, -0.2) is 12.8 Å². The second kappa shape index (κ2) is 9.01. The fourth-order valence-electron chi connectivity index (χ4n) is 4.37. The van der Waals surface area contributed by atoms with Gasteiger partial charge in [-0.2, -0.15) is 13.2 Å². The van der Waals surface area contributed by atoms with Crippen LogP contribution in [-0.4, -0.2) is 32.4 Å². The van der Waals surface area contributed by atoms with Crippen LogP contribution in [0.25, 0.3) is 11.1 Å². The van der Waals surface area contributed by atoms with Gasteiger partial charge in [0, 0.05) is 12.1 Å². The van der Waals surface area contributed by atoms with Gasteiger partial charge >= 0.3 is 6.18 Å². The highest BCUT2D eigenvalue weighted by atomic mass is 32.2. The van der Waals surface area contributed by atoms with E-state index in [1.807, 2.05) is 13.8 Å². The van der Waals surface area contributed by atoms with Gasteiger partial charge in [0.15, 0.2) is 0 Å². The number of rotatable bonds is 5. The van der Waals surface area contributed by atoms with Crippen molar-refractivity contribution in [1.82, 2.24) is 0 Å². The quantitative estimate of drug-likeness (QED) is 0.337. The maximum Gasteiger partial charge on any atom is 0.416 e. The molecule has 2 N–H and O–H groups in total. The van der Waals surface area contributed by atoms with Gasteiger partial charge in [-0.15, -0.1) is 0 Å². The number of aliphatic hydroxyl groups is 1. The first-order valence-corrected chi connectivity index (χ1v) is 12.5. The van der Waals surface area contributed by atoms with Gasteiger partial charge in [0.1, 0.15) is 5.82 Å². The molecule has 1 heterocycles. The van der Waals surface area contributed by atoms with Crippen molar-refractivity contribution < 1.29 is 31.1 Å². The number of benzene rings is 3. The number of sulfonamides is 1. The molecule has 1 aliphatic heterocycles. The molecule has 0 saturated carbocycles. The Morgan fingerprint density at radius 1 is 1.03 bits per heavy atom. The Kier molecular flexibility index (Phi) is 6.47. The molecular weight excluding hydrogens is 496 g/mol. The highest BCUT2D eigenvalue weighted by molar-refractivity contribution is 7.92. The van der Waals surface area contributed by atoms with Gasteiger partial charge in [-0.05, 0) is 71.0 Å². The molecule has 0 amide bonds. The second-order valence-corrected chi connectivity index (χ2v) is 11.4. The molecule has 0 unspecified atom stereocenters. The van der Waals surface area contributed by atoms with Crippen molar-refractivity contribution >= 4 is 21.4 Å². The smallest absolute Gasteiger partial charge is 0.390 e. The van der Waals surface area contributed by atoms with Crippen LogP contribution in [0.15, 0.2) is 65.6 Å². The van der Waals surface area contributed by atoms with E-state index >= 15 is 0 Å². The van der Waals surface area contributed by atoms with Crippen molar-refractivity contribution in [2.24, 2.45) is 5.41 Å². The monoisotopic (exact) mass is 520 g/mol. The predicted molar refractivity (Wildman–Crippen MR) is 129 cm³/mol. The summed E-state index contributed by atoms with van der Waals surface area (Å²) >= 11 is 0. The fourth-order valence-corrected chi connectivity index (χ4v) is 6.08. The van der Waals surface area contributed by atoms with E-state index in [4.69, 9.17) is 10.5 Å². The summed E-state index contributed by atoms with van der Waals surface area (Å²) < 4.78 is 81.7. The SMILES string of the molecule is CC1(C)Cc2cc(-c3ccc(C(F)(F)F)cc3)ccc2N(S(=O)(=O)c2ccc(C(=N)CO)c(F)c2)C1. The minimum absolute atomic E-state index is 0.137. The van der Waals surface area contributed by atoms with E-state index in [9.17, 15) is 26.0 Å². The number of halogens is 4. The summed E-state index contributed by atoms with van der Waals surface area (Å²) in [5, 5.41) is 16.7. The summed E-state index contributed by atoms with van der Waals surface area (Å²) in [7, 11) is -4.18. The molecule has 36 heavy (non-hydrogen) atoms. The number of nitrogens with one attached hydrogen (secondary N) is 1. The number of nitrogens with zero attached hydrogens (tertiary/aromatic N) is 1. The summed E-state index contributed by atoms with van der Waals surface area (Å²) in [5.74, 6) is -0.927. The van der Waals surface area contributed by atoms with Crippen LogP contribution in [0.1, 0.15) is 30.5 Å². The number of aliphatic hydroxyl groups excluding tert-OH is 1.